The fraction of sp³-hybridized carbons (Fsp3) is 0.917. The molecule has 94 valence electrons. The van der Waals surface area contributed by atoms with Crippen LogP contribution in [0, 0.1) is 0 Å². The summed E-state index contributed by atoms with van der Waals surface area (Å²) in [6.07, 6.45) is 3.45. The van der Waals surface area contributed by atoms with E-state index in [0.717, 1.165) is 12.2 Å². The van der Waals surface area contributed by atoms with E-state index in [1.54, 1.807) is 0 Å². The zero-order valence-electron chi connectivity index (χ0n) is 10.6. The largest absolute Gasteiger partial charge is 0.352 e. The third kappa shape index (κ3) is 4.74. The third-order valence-corrected chi connectivity index (χ3v) is 4.26. The van der Waals surface area contributed by atoms with Gasteiger partial charge in [0.1, 0.15) is 0 Å². The zero-order chi connectivity index (χ0) is 12.0. The molecule has 0 aromatic rings. The van der Waals surface area contributed by atoms with E-state index in [2.05, 4.69) is 17.6 Å². The first-order valence-electron chi connectivity index (χ1n) is 6.27. The second-order valence-electron chi connectivity index (χ2n) is 4.62. The van der Waals surface area contributed by atoms with Crippen molar-refractivity contribution in [2.45, 2.75) is 58.2 Å². The molecule has 0 aromatic heterocycles. The number of amides is 1. The standard InChI is InChI=1S/C12H24N2OS/c1-4-9(2)13-12(15)10(3)14-11-6-5-7-16-8-11/h9-11,14H,4-8H2,1-3H3,(H,13,15). The maximum absolute atomic E-state index is 11.8. The van der Waals surface area contributed by atoms with E-state index in [9.17, 15) is 4.79 Å². The molecular formula is C12H24N2OS. The van der Waals surface area contributed by atoms with Crippen molar-refractivity contribution >= 4 is 17.7 Å². The number of carbonyl (C=O) groups is 1. The Morgan fingerprint density at radius 2 is 2.25 bits per heavy atom. The molecule has 1 aliphatic rings. The van der Waals surface area contributed by atoms with Gasteiger partial charge >= 0.3 is 0 Å². The SMILES string of the molecule is CCC(C)NC(=O)C(C)NC1CCCSC1. The first-order chi connectivity index (χ1) is 7.63. The van der Waals surface area contributed by atoms with Crippen LogP contribution in [0.1, 0.15) is 40.0 Å². The predicted molar refractivity (Wildman–Crippen MR) is 70.8 cm³/mol. The summed E-state index contributed by atoms with van der Waals surface area (Å²) in [6.45, 7) is 6.08. The molecule has 1 fully saturated rings. The average molecular weight is 244 g/mol. The highest BCUT2D eigenvalue weighted by Crippen LogP contribution is 2.17. The molecule has 3 atom stereocenters. The molecule has 3 nitrogen and oxygen atoms in total. The van der Waals surface area contributed by atoms with Crippen LogP contribution in [0.15, 0.2) is 0 Å². The Labute approximate surface area is 103 Å². The molecule has 16 heavy (non-hydrogen) atoms. The van der Waals surface area contributed by atoms with E-state index >= 15 is 0 Å². The summed E-state index contributed by atoms with van der Waals surface area (Å²) < 4.78 is 0. The third-order valence-electron chi connectivity index (χ3n) is 3.04. The van der Waals surface area contributed by atoms with Crippen LogP contribution in [-0.2, 0) is 4.79 Å². The van der Waals surface area contributed by atoms with Gasteiger partial charge in [0.15, 0.2) is 0 Å². The Balaban J connectivity index is 2.27. The van der Waals surface area contributed by atoms with E-state index in [-0.39, 0.29) is 18.0 Å². The molecule has 0 saturated carbocycles. The average Bonchev–Trinajstić information content (AvgIpc) is 2.30. The maximum atomic E-state index is 11.8. The first kappa shape index (κ1) is 13.8. The lowest BCUT2D eigenvalue weighted by molar-refractivity contribution is -0.123. The van der Waals surface area contributed by atoms with Crippen LogP contribution in [0.3, 0.4) is 0 Å². The summed E-state index contributed by atoms with van der Waals surface area (Å²) in [6, 6.07) is 0.714. The van der Waals surface area contributed by atoms with Gasteiger partial charge in [0.2, 0.25) is 5.91 Å². The van der Waals surface area contributed by atoms with Gasteiger partial charge in [0.25, 0.3) is 0 Å². The summed E-state index contributed by atoms with van der Waals surface area (Å²) >= 11 is 1.98. The van der Waals surface area contributed by atoms with Gasteiger partial charge in [-0.05, 0) is 38.9 Å². The Morgan fingerprint density at radius 1 is 1.50 bits per heavy atom. The summed E-state index contributed by atoms with van der Waals surface area (Å²) in [7, 11) is 0. The van der Waals surface area contributed by atoms with Gasteiger partial charge in [-0.25, -0.2) is 0 Å². The highest BCUT2D eigenvalue weighted by Gasteiger charge is 2.20. The molecule has 1 amide bonds. The van der Waals surface area contributed by atoms with Crippen molar-refractivity contribution in [3.8, 4) is 0 Å². The molecule has 0 bridgehead atoms. The first-order valence-corrected chi connectivity index (χ1v) is 7.43. The summed E-state index contributed by atoms with van der Waals surface area (Å²) in [5.41, 5.74) is 0. The Bertz CT molecular complexity index is 217. The number of hydrogen-bond donors (Lipinski definition) is 2. The molecule has 1 aliphatic heterocycles. The van der Waals surface area contributed by atoms with Crippen LogP contribution >= 0.6 is 11.8 Å². The maximum Gasteiger partial charge on any atom is 0.237 e. The van der Waals surface area contributed by atoms with Crippen LogP contribution < -0.4 is 10.6 Å². The van der Waals surface area contributed by atoms with Crippen LogP contribution in [-0.4, -0.2) is 35.5 Å². The molecular weight excluding hydrogens is 220 g/mol. The Morgan fingerprint density at radius 3 is 2.81 bits per heavy atom. The Hall–Kier alpha value is -0.220. The summed E-state index contributed by atoms with van der Waals surface area (Å²) in [4.78, 5) is 11.8. The van der Waals surface area contributed by atoms with Gasteiger partial charge < -0.3 is 10.6 Å². The predicted octanol–water partition coefficient (Wildman–Crippen LogP) is 1.77. The molecule has 0 spiro atoms. The fourth-order valence-corrected chi connectivity index (χ4v) is 2.86. The van der Waals surface area contributed by atoms with Crippen LogP contribution in [0.5, 0.6) is 0 Å². The van der Waals surface area contributed by atoms with E-state index < -0.39 is 0 Å². The highest BCUT2D eigenvalue weighted by molar-refractivity contribution is 7.99. The van der Waals surface area contributed by atoms with Gasteiger partial charge in [0, 0.05) is 17.8 Å². The molecule has 0 radical (unpaired) electrons. The van der Waals surface area contributed by atoms with Gasteiger partial charge in [-0.3, -0.25) is 4.79 Å². The number of thioether (sulfide) groups is 1. The van der Waals surface area contributed by atoms with Crippen molar-refractivity contribution in [2.24, 2.45) is 0 Å². The minimum atomic E-state index is -0.0716. The van der Waals surface area contributed by atoms with E-state index in [1.165, 1.54) is 18.6 Å². The summed E-state index contributed by atoms with van der Waals surface area (Å²) in [5.74, 6) is 2.54. The van der Waals surface area contributed by atoms with Crippen LogP contribution in [0.4, 0.5) is 0 Å². The van der Waals surface area contributed by atoms with Gasteiger partial charge in [-0.1, -0.05) is 6.92 Å². The molecule has 2 N–H and O–H groups in total. The topological polar surface area (TPSA) is 41.1 Å². The smallest absolute Gasteiger partial charge is 0.237 e. The van der Waals surface area contributed by atoms with Crippen molar-refractivity contribution in [1.29, 1.82) is 0 Å². The monoisotopic (exact) mass is 244 g/mol. The summed E-state index contributed by atoms with van der Waals surface area (Å²) in [5, 5.41) is 6.43. The van der Waals surface area contributed by atoms with Crippen LogP contribution in [0.25, 0.3) is 0 Å². The van der Waals surface area contributed by atoms with Crippen molar-refractivity contribution < 1.29 is 4.79 Å². The lowest BCUT2D eigenvalue weighted by atomic mass is 10.1. The second-order valence-corrected chi connectivity index (χ2v) is 5.77. The number of rotatable bonds is 5. The minimum Gasteiger partial charge on any atom is -0.352 e. The molecule has 4 heteroatoms. The molecule has 3 unspecified atom stereocenters. The van der Waals surface area contributed by atoms with Crippen molar-refractivity contribution in [2.75, 3.05) is 11.5 Å². The lowest BCUT2D eigenvalue weighted by Gasteiger charge is -2.26. The normalized spacial score (nSPS) is 24.8. The minimum absolute atomic E-state index is 0.0716. The van der Waals surface area contributed by atoms with Gasteiger partial charge in [-0.2, -0.15) is 11.8 Å². The zero-order valence-corrected chi connectivity index (χ0v) is 11.4. The van der Waals surface area contributed by atoms with Gasteiger partial charge in [-0.15, -0.1) is 0 Å². The molecule has 1 saturated heterocycles. The molecule has 0 aliphatic carbocycles. The van der Waals surface area contributed by atoms with E-state index in [1.807, 2.05) is 25.6 Å². The second kappa shape index (κ2) is 7.17. The van der Waals surface area contributed by atoms with Crippen molar-refractivity contribution in [1.82, 2.24) is 10.6 Å². The fourth-order valence-electron chi connectivity index (χ4n) is 1.77. The highest BCUT2D eigenvalue weighted by atomic mass is 32.2. The van der Waals surface area contributed by atoms with Crippen LogP contribution in [0.2, 0.25) is 0 Å². The molecule has 1 rings (SSSR count). The number of nitrogens with one attached hydrogen (secondary N) is 2. The van der Waals surface area contributed by atoms with E-state index in [4.69, 9.17) is 0 Å². The quantitative estimate of drug-likeness (QED) is 0.774. The van der Waals surface area contributed by atoms with Crippen molar-refractivity contribution in [3.63, 3.8) is 0 Å². The Kier molecular flexibility index (Phi) is 6.21. The van der Waals surface area contributed by atoms with Crippen molar-refractivity contribution in [3.05, 3.63) is 0 Å². The lowest BCUT2D eigenvalue weighted by Crippen LogP contribution is -2.49. The number of carbonyl (C=O) groups excluding carboxylic acids is 1. The molecule has 0 aromatic carbocycles. The molecule has 1 heterocycles. The number of hydrogen-bond acceptors (Lipinski definition) is 3. The van der Waals surface area contributed by atoms with Gasteiger partial charge in [0.05, 0.1) is 6.04 Å². The van der Waals surface area contributed by atoms with E-state index in [0.29, 0.717) is 6.04 Å².